The summed E-state index contributed by atoms with van der Waals surface area (Å²) in [5, 5.41) is 4.44. The van der Waals surface area contributed by atoms with Gasteiger partial charge in [0.05, 0.1) is 11.0 Å². The maximum absolute atomic E-state index is 6.44. The second-order valence-corrected chi connectivity index (χ2v) is 21.5. The van der Waals surface area contributed by atoms with E-state index in [4.69, 9.17) is 19.4 Å². The first-order valence-electron chi connectivity index (χ1n) is 30.3. The van der Waals surface area contributed by atoms with Crippen molar-refractivity contribution in [1.82, 2.24) is 34.5 Å². The van der Waals surface area contributed by atoms with Crippen LogP contribution < -0.4 is 0 Å². The summed E-state index contributed by atoms with van der Waals surface area (Å²) in [6.07, 6.45) is 5.38. The third-order valence-corrected chi connectivity index (χ3v) is 15.6. The van der Waals surface area contributed by atoms with Crippen molar-refractivity contribution < 1.29 is 24.5 Å². The smallest absolute Gasteiger partial charge is 0.456 e. The SMILES string of the molecule is [Ir+3].[c-]1ccc(-c2ccccc2)cc1-c1ccccn1.[c-]1ccccc1-c1ccccn1.[c-]1ccccc1-c1ccccn1.c1ccc(-c2nc(-c3ccccc3)nc(-c3cccc4oc5ccc(-c6ccc7c(c6)c6ccccc6n7-c6ccccc6)cc5c34)n2)cc1. The maximum atomic E-state index is 6.44. The Hall–Kier alpha value is -11.9. The molecule has 442 valence electrons. The normalized spacial score (nSPS) is 10.7. The summed E-state index contributed by atoms with van der Waals surface area (Å²) in [5.74, 6) is 1.86. The van der Waals surface area contributed by atoms with Crippen molar-refractivity contribution in [1.29, 1.82) is 0 Å². The van der Waals surface area contributed by atoms with Crippen molar-refractivity contribution in [3.8, 4) is 95.9 Å². The molecule has 8 nitrogen and oxygen atoms in total. The molecule has 0 atom stereocenters. The molecule has 11 aromatic carbocycles. The molecule has 6 aromatic heterocycles. The second kappa shape index (κ2) is 28.7. The zero-order valence-electron chi connectivity index (χ0n) is 50.2. The molecule has 17 aromatic rings. The van der Waals surface area contributed by atoms with Crippen LogP contribution in [0.2, 0.25) is 0 Å². The third kappa shape index (κ3) is 13.7. The van der Waals surface area contributed by atoms with E-state index < -0.39 is 0 Å². The van der Waals surface area contributed by atoms with Crippen molar-refractivity contribution in [2.75, 3.05) is 0 Å². The Morgan fingerprint density at radius 2 is 0.763 bits per heavy atom. The fourth-order valence-electron chi connectivity index (χ4n) is 11.2. The van der Waals surface area contributed by atoms with Crippen molar-refractivity contribution in [3.63, 3.8) is 0 Å². The van der Waals surface area contributed by atoms with E-state index in [9.17, 15) is 0 Å². The van der Waals surface area contributed by atoms with Crippen LogP contribution in [0.4, 0.5) is 0 Å². The summed E-state index contributed by atoms with van der Waals surface area (Å²) in [4.78, 5) is 27.8. The van der Waals surface area contributed by atoms with Gasteiger partial charge in [-0.2, -0.15) is 0 Å². The molecule has 0 aliphatic rings. The van der Waals surface area contributed by atoms with E-state index in [1.807, 2.05) is 200 Å². The van der Waals surface area contributed by atoms with Crippen LogP contribution in [0.1, 0.15) is 0 Å². The molecular weight excluding hydrogens is 1320 g/mol. The molecule has 0 aliphatic heterocycles. The van der Waals surface area contributed by atoms with E-state index in [0.29, 0.717) is 17.5 Å². The van der Waals surface area contributed by atoms with Crippen molar-refractivity contribution in [3.05, 3.63) is 358 Å². The first kappa shape index (κ1) is 60.1. The van der Waals surface area contributed by atoms with E-state index in [1.54, 1.807) is 18.6 Å². The van der Waals surface area contributed by atoms with E-state index in [1.165, 1.54) is 32.9 Å². The molecule has 0 radical (unpaired) electrons. The van der Waals surface area contributed by atoms with E-state index in [-0.39, 0.29) is 20.1 Å². The topological polar surface area (TPSA) is 95.4 Å². The van der Waals surface area contributed by atoms with Crippen molar-refractivity contribution in [2.45, 2.75) is 0 Å². The van der Waals surface area contributed by atoms with E-state index >= 15 is 0 Å². The number of nitrogens with zero attached hydrogens (tertiary/aromatic N) is 7. The van der Waals surface area contributed by atoms with Gasteiger partial charge in [0.15, 0.2) is 17.5 Å². The third-order valence-electron chi connectivity index (χ3n) is 15.6. The Kier molecular flexibility index (Phi) is 18.6. The van der Waals surface area contributed by atoms with Crippen LogP contribution in [-0.2, 0) is 20.1 Å². The van der Waals surface area contributed by atoms with Gasteiger partial charge < -0.3 is 23.9 Å². The number of benzene rings is 11. The summed E-state index contributed by atoms with van der Waals surface area (Å²) in [6, 6.07) is 118. The Bertz CT molecular complexity index is 4980. The Morgan fingerprint density at radius 1 is 0.290 bits per heavy atom. The Labute approximate surface area is 553 Å². The summed E-state index contributed by atoms with van der Waals surface area (Å²) in [7, 11) is 0. The number of furan rings is 1. The van der Waals surface area contributed by atoms with Crippen LogP contribution in [0.5, 0.6) is 0 Å². The van der Waals surface area contributed by atoms with Gasteiger partial charge >= 0.3 is 20.1 Å². The second-order valence-electron chi connectivity index (χ2n) is 21.5. The quantitative estimate of drug-likeness (QED) is 0.133. The summed E-state index contributed by atoms with van der Waals surface area (Å²) in [5.41, 5.74) is 18.5. The number of aromatic nitrogens is 7. The molecule has 17 rings (SSSR count). The average molecular weight is 1370 g/mol. The monoisotopic (exact) mass is 1370 g/mol. The zero-order chi connectivity index (χ0) is 61.7. The van der Waals surface area contributed by atoms with Gasteiger partial charge in [-0.25, -0.2) is 15.0 Å². The summed E-state index contributed by atoms with van der Waals surface area (Å²) >= 11 is 0. The first-order valence-corrected chi connectivity index (χ1v) is 30.3. The minimum absolute atomic E-state index is 0. The van der Waals surface area contributed by atoms with Gasteiger partial charge in [0.1, 0.15) is 11.2 Å². The predicted octanol–water partition coefficient (Wildman–Crippen LogP) is 20.8. The van der Waals surface area contributed by atoms with Crippen LogP contribution in [0, 0.1) is 18.2 Å². The number of rotatable bonds is 9. The van der Waals surface area contributed by atoms with Gasteiger partial charge in [0, 0.05) is 62.5 Å². The zero-order valence-corrected chi connectivity index (χ0v) is 52.6. The molecule has 0 unspecified atom stereocenters. The number of para-hydroxylation sites is 2. The van der Waals surface area contributed by atoms with Gasteiger partial charge in [-0.1, -0.05) is 188 Å². The van der Waals surface area contributed by atoms with Crippen molar-refractivity contribution >= 4 is 43.7 Å². The molecule has 0 spiro atoms. The Balaban J connectivity index is 0.000000147. The molecule has 9 heteroatoms. The molecule has 93 heavy (non-hydrogen) atoms. The summed E-state index contributed by atoms with van der Waals surface area (Å²) in [6.45, 7) is 0. The number of hydrogen-bond donors (Lipinski definition) is 0. The van der Waals surface area contributed by atoms with E-state index in [2.05, 4.69) is 159 Å². The molecule has 6 heterocycles. The molecule has 0 amide bonds. The molecule has 0 aliphatic carbocycles. The first-order chi connectivity index (χ1) is 45.6. The summed E-state index contributed by atoms with van der Waals surface area (Å²) < 4.78 is 8.78. The fraction of sp³-hybridized carbons (Fsp3) is 0. The van der Waals surface area contributed by atoms with Gasteiger partial charge in [-0.3, -0.25) is 0 Å². The van der Waals surface area contributed by atoms with Crippen LogP contribution >= 0.6 is 0 Å². The van der Waals surface area contributed by atoms with Gasteiger partial charge in [0.25, 0.3) is 0 Å². The van der Waals surface area contributed by atoms with Gasteiger partial charge in [0.2, 0.25) is 0 Å². The van der Waals surface area contributed by atoms with Crippen LogP contribution in [0.3, 0.4) is 0 Å². The molecule has 0 saturated carbocycles. The minimum atomic E-state index is 0. The number of fused-ring (bicyclic) bond motifs is 6. The van der Waals surface area contributed by atoms with Gasteiger partial charge in [-0.05, 0) is 101 Å². The van der Waals surface area contributed by atoms with Gasteiger partial charge in [-0.15, -0.1) is 107 Å². The standard InChI is InChI=1S/C45H28N4O.C17H12N.2C11H8N.Ir/c1-4-13-29(14-5-1)43-46-44(30-15-6-2-7-16-30)48-45(47-43)35-20-12-22-41-42(35)37-28-32(24-26-40(37)50-41)31-23-25-39-36(27-31)34-19-10-11-21-38(34)49(39)33-17-8-3-9-18-33;1-2-7-14(8-3-1)15-9-6-10-16(13-15)17-11-4-5-12-18-17;2*1-2-6-10(7-3-1)11-8-4-5-9-12-11;/h1-28H;1-9,11-13H;2*1-6,8-9H;/q;3*-1;+3. The average Bonchev–Trinajstić information content (AvgIpc) is 1.63. The Morgan fingerprint density at radius 3 is 1.33 bits per heavy atom. The van der Waals surface area contributed by atoms with Crippen LogP contribution in [0.15, 0.2) is 345 Å². The minimum Gasteiger partial charge on any atom is -0.456 e. The van der Waals surface area contributed by atoms with Crippen molar-refractivity contribution in [2.24, 2.45) is 0 Å². The fourth-order valence-corrected chi connectivity index (χ4v) is 11.2. The largest absolute Gasteiger partial charge is 3.00 e. The maximum Gasteiger partial charge on any atom is 3.00 e. The number of pyridine rings is 3. The predicted molar refractivity (Wildman–Crippen MR) is 374 cm³/mol. The van der Waals surface area contributed by atoms with Crippen LogP contribution in [0.25, 0.3) is 140 Å². The molecule has 0 bridgehead atoms. The molecule has 0 N–H and O–H groups in total. The number of hydrogen-bond acceptors (Lipinski definition) is 7. The molecule has 0 fully saturated rings. The molecular formula is C84H56IrN7O. The molecule has 0 saturated heterocycles. The van der Waals surface area contributed by atoms with Crippen LogP contribution in [-0.4, -0.2) is 34.5 Å². The van der Waals surface area contributed by atoms with E-state index in [0.717, 1.165) is 89.2 Å².